The highest BCUT2D eigenvalue weighted by molar-refractivity contribution is 5.98. The number of carbonyl (C=O) groups is 1. The molecule has 6 nitrogen and oxygen atoms in total. The normalized spacial score (nSPS) is 17.9. The van der Waals surface area contributed by atoms with E-state index in [1.165, 1.54) is 24.3 Å². The molecule has 168 valence electrons. The predicted octanol–water partition coefficient (Wildman–Crippen LogP) is 4.62. The Morgan fingerprint density at radius 3 is 2.50 bits per heavy atom. The van der Waals surface area contributed by atoms with Crippen molar-refractivity contribution in [2.45, 2.75) is 31.2 Å². The molecule has 2 N–H and O–H groups in total. The van der Waals surface area contributed by atoms with Gasteiger partial charge in [0.05, 0.1) is 19.3 Å². The number of ether oxygens (including phenoxy) is 1. The fourth-order valence-corrected chi connectivity index (χ4v) is 3.66. The lowest BCUT2D eigenvalue weighted by Gasteiger charge is -2.34. The van der Waals surface area contributed by atoms with Crippen molar-refractivity contribution in [3.8, 4) is 5.75 Å². The molecule has 1 amide bonds. The summed E-state index contributed by atoms with van der Waals surface area (Å²) >= 11 is 0. The van der Waals surface area contributed by atoms with E-state index < -0.39 is 30.0 Å². The van der Waals surface area contributed by atoms with Gasteiger partial charge in [0.2, 0.25) is 0 Å². The van der Waals surface area contributed by atoms with E-state index in [0.29, 0.717) is 11.3 Å². The molecule has 1 aliphatic rings. The lowest BCUT2D eigenvalue weighted by Crippen LogP contribution is -2.36. The summed E-state index contributed by atoms with van der Waals surface area (Å²) in [5.74, 6) is -0.407. The van der Waals surface area contributed by atoms with E-state index in [1.807, 2.05) is 0 Å². The van der Waals surface area contributed by atoms with Gasteiger partial charge in [-0.1, -0.05) is 24.3 Å². The molecule has 0 unspecified atom stereocenters. The number of carbonyl (C=O) groups excluding carboxylic acids is 1. The zero-order valence-corrected chi connectivity index (χ0v) is 17.0. The van der Waals surface area contributed by atoms with E-state index in [-0.39, 0.29) is 24.3 Å². The first-order chi connectivity index (χ1) is 15.3. The highest BCUT2D eigenvalue weighted by Crippen LogP contribution is 2.44. The van der Waals surface area contributed by atoms with E-state index in [9.17, 15) is 22.4 Å². The van der Waals surface area contributed by atoms with E-state index in [2.05, 4.69) is 15.7 Å². The zero-order chi connectivity index (χ0) is 22.9. The Morgan fingerprint density at radius 2 is 1.88 bits per heavy atom. The van der Waals surface area contributed by atoms with E-state index in [1.54, 1.807) is 31.4 Å². The van der Waals surface area contributed by atoms with Gasteiger partial charge in [0.25, 0.3) is 5.91 Å². The number of hydrogen-bond donors (Lipinski definition) is 2. The smallest absolute Gasteiger partial charge is 0.410 e. The molecule has 0 bridgehead atoms. The molecule has 0 spiro atoms. The lowest BCUT2D eigenvalue weighted by atomic mass is 9.96. The molecule has 2 heterocycles. The fourth-order valence-electron chi connectivity index (χ4n) is 3.66. The number of amides is 1. The molecule has 1 aliphatic heterocycles. The van der Waals surface area contributed by atoms with Crippen LogP contribution in [0.1, 0.15) is 40.0 Å². The Labute approximate surface area is 181 Å². The monoisotopic (exact) mass is 448 g/mol. The second kappa shape index (κ2) is 8.52. The van der Waals surface area contributed by atoms with Gasteiger partial charge < -0.3 is 15.4 Å². The third kappa shape index (κ3) is 4.39. The quantitative estimate of drug-likeness (QED) is 0.559. The first-order valence-corrected chi connectivity index (χ1v) is 9.83. The molecule has 32 heavy (non-hydrogen) atoms. The molecular weight excluding hydrogens is 428 g/mol. The molecule has 10 heteroatoms. The molecule has 0 fully saturated rings. The summed E-state index contributed by atoms with van der Waals surface area (Å²) in [5, 5.41) is 9.52. The third-order valence-corrected chi connectivity index (χ3v) is 5.37. The van der Waals surface area contributed by atoms with Crippen LogP contribution >= 0.6 is 0 Å². The fraction of sp³-hybridized carbons (Fsp3) is 0.273. The average molecular weight is 448 g/mol. The Balaban J connectivity index is 1.58. The number of benzene rings is 2. The first-order valence-electron chi connectivity index (χ1n) is 9.83. The molecule has 2 aromatic carbocycles. The predicted molar refractivity (Wildman–Crippen MR) is 109 cm³/mol. The van der Waals surface area contributed by atoms with Gasteiger partial charge in [-0.2, -0.15) is 18.3 Å². The van der Waals surface area contributed by atoms with Crippen LogP contribution in [-0.4, -0.2) is 29.0 Å². The Kier molecular flexibility index (Phi) is 5.77. The second-order valence-electron chi connectivity index (χ2n) is 7.42. The summed E-state index contributed by atoms with van der Waals surface area (Å²) in [4.78, 5) is 12.8. The summed E-state index contributed by atoms with van der Waals surface area (Å²) in [5.41, 5.74) is 1.28. The van der Waals surface area contributed by atoms with Crippen molar-refractivity contribution in [2.24, 2.45) is 0 Å². The van der Waals surface area contributed by atoms with Gasteiger partial charge in [-0.15, -0.1) is 0 Å². The van der Waals surface area contributed by atoms with Gasteiger partial charge in [0.15, 0.2) is 6.04 Å². The standard InChI is InChI=1S/C22H20F4N4O2/c1-32-16-8-2-13(3-9-16)11-27-21(31)17-12-28-30-19(22(24,25)26)10-18(29-20(17)30)14-4-6-15(23)7-5-14/h2-9,12,18-19,29H,10-11H2,1H3,(H,27,31)/t18-,19-/m1/s1. The van der Waals surface area contributed by atoms with Crippen molar-refractivity contribution in [3.05, 3.63) is 77.2 Å². The molecule has 0 aliphatic carbocycles. The molecule has 0 radical (unpaired) electrons. The first kappa shape index (κ1) is 21.7. The molecule has 1 aromatic heterocycles. The molecule has 3 aromatic rings. The number of anilines is 1. The summed E-state index contributed by atoms with van der Waals surface area (Å²) in [6.45, 7) is 0.178. The number of hydrogen-bond acceptors (Lipinski definition) is 4. The summed E-state index contributed by atoms with van der Waals surface area (Å²) < 4.78 is 60.4. The van der Waals surface area contributed by atoms with Crippen LogP contribution in [0.3, 0.4) is 0 Å². The topological polar surface area (TPSA) is 68.2 Å². The van der Waals surface area contributed by atoms with Crippen molar-refractivity contribution in [3.63, 3.8) is 0 Å². The second-order valence-corrected chi connectivity index (χ2v) is 7.42. The number of aromatic nitrogens is 2. The molecule has 4 rings (SSSR count). The largest absolute Gasteiger partial charge is 0.497 e. The third-order valence-electron chi connectivity index (χ3n) is 5.37. The van der Waals surface area contributed by atoms with Crippen molar-refractivity contribution in [1.29, 1.82) is 0 Å². The Bertz CT molecular complexity index is 1090. The lowest BCUT2D eigenvalue weighted by molar-refractivity contribution is -0.173. The van der Waals surface area contributed by atoms with Crippen molar-refractivity contribution < 1.29 is 27.1 Å². The number of rotatable bonds is 5. The number of halogens is 4. The van der Waals surface area contributed by atoms with Crippen molar-refractivity contribution in [2.75, 3.05) is 12.4 Å². The number of nitrogens with zero attached hydrogens (tertiary/aromatic N) is 2. The Hall–Kier alpha value is -3.56. The maximum Gasteiger partial charge on any atom is 0.410 e. The van der Waals surface area contributed by atoms with Gasteiger partial charge in [0, 0.05) is 13.0 Å². The van der Waals surface area contributed by atoms with Crippen LogP contribution in [0.15, 0.2) is 54.7 Å². The highest BCUT2D eigenvalue weighted by Gasteiger charge is 2.47. The van der Waals surface area contributed by atoms with Gasteiger partial charge in [0.1, 0.15) is 22.9 Å². The van der Waals surface area contributed by atoms with Gasteiger partial charge in [-0.3, -0.25) is 4.79 Å². The van der Waals surface area contributed by atoms with Crippen LogP contribution in [-0.2, 0) is 6.54 Å². The SMILES string of the molecule is COc1ccc(CNC(=O)c2cnn3c2N[C@@H](c2ccc(F)cc2)C[C@@H]3C(F)(F)F)cc1. The van der Waals surface area contributed by atoms with Crippen molar-refractivity contribution in [1.82, 2.24) is 15.1 Å². The minimum atomic E-state index is -4.57. The van der Waals surface area contributed by atoms with Crippen LogP contribution in [0.4, 0.5) is 23.4 Å². The van der Waals surface area contributed by atoms with E-state index in [4.69, 9.17) is 4.74 Å². The van der Waals surface area contributed by atoms with Gasteiger partial charge >= 0.3 is 6.18 Å². The number of alkyl halides is 3. The summed E-state index contributed by atoms with van der Waals surface area (Å²) in [6, 6.07) is 9.58. The maximum absolute atomic E-state index is 13.8. The number of nitrogens with one attached hydrogen (secondary N) is 2. The summed E-state index contributed by atoms with van der Waals surface area (Å²) in [7, 11) is 1.54. The Morgan fingerprint density at radius 1 is 1.19 bits per heavy atom. The zero-order valence-electron chi connectivity index (χ0n) is 17.0. The van der Waals surface area contributed by atoms with Crippen LogP contribution < -0.4 is 15.4 Å². The number of fused-ring (bicyclic) bond motifs is 1. The molecule has 0 saturated carbocycles. The van der Waals surface area contributed by atoms with Crippen molar-refractivity contribution >= 4 is 11.7 Å². The minimum Gasteiger partial charge on any atom is -0.497 e. The van der Waals surface area contributed by atoms with Crippen LogP contribution in [0.5, 0.6) is 5.75 Å². The summed E-state index contributed by atoms with van der Waals surface area (Å²) in [6.07, 6.45) is -3.79. The van der Waals surface area contributed by atoms with Gasteiger partial charge in [-0.05, 0) is 35.4 Å². The molecule has 2 atom stereocenters. The number of methoxy groups -OCH3 is 1. The maximum atomic E-state index is 13.8. The van der Waals surface area contributed by atoms with Crippen LogP contribution in [0.2, 0.25) is 0 Å². The highest BCUT2D eigenvalue weighted by atomic mass is 19.4. The van der Waals surface area contributed by atoms with Crippen LogP contribution in [0, 0.1) is 5.82 Å². The van der Waals surface area contributed by atoms with Gasteiger partial charge in [-0.25, -0.2) is 9.07 Å². The molecular formula is C22H20F4N4O2. The van der Waals surface area contributed by atoms with E-state index >= 15 is 0 Å². The minimum absolute atomic E-state index is 0.000395. The average Bonchev–Trinajstić information content (AvgIpc) is 3.21. The van der Waals surface area contributed by atoms with E-state index in [0.717, 1.165) is 16.4 Å². The molecule has 0 saturated heterocycles. The van der Waals surface area contributed by atoms with Crippen LogP contribution in [0.25, 0.3) is 0 Å².